The van der Waals surface area contributed by atoms with Crippen LogP contribution >= 0.6 is 11.3 Å². The van der Waals surface area contributed by atoms with Crippen LogP contribution in [0.4, 0.5) is 4.39 Å². The third-order valence-corrected chi connectivity index (χ3v) is 3.94. The molecule has 3 rings (SSSR count). The van der Waals surface area contributed by atoms with E-state index in [1.54, 1.807) is 17.4 Å². The first kappa shape index (κ1) is 14.1. The lowest BCUT2D eigenvalue weighted by Crippen LogP contribution is -2.18. The molecular weight excluding hydrogens is 287 g/mol. The fraction of sp³-hybridized carbons (Fsp3) is 0.188. The van der Waals surface area contributed by atoms with Gasteiger partial charge in [-0.1, -0.05) is 0 Å². The van der Waals surface area contributed by atoms with Crippen LogP contribution in [0.1, 0.15) is 5.56 Å². The summed E-state index contributed by atoms with van der Waals surface area (Å²) < 4.78 is 13.4. The standard InChI is InChI=1S/C16H15FN2OS/c17-14-2-1-11-7-13(9-18-4-5-20)16(19-15(11)8-14)12-3-6-21-10-12/h1-3,6-8,10,18,20H,4-5,9H2. The number of fused-ring (bicyclic) bond motifs is 1. The van der Waals surface area contributed by atoms with Crippen molar-refractivity contribution in [2.75, 3.05) is 13.2 Å². The molecule has 0 spiro atoms. The summed E-state index contributed by atoms with van der Waals surface area (Å²) in [6, 6.07) is 8.67. The maximum Gasteiger partial charge on any atom is 0.125 e. The van der Waals surface area contributed by atoms with Crippen molar-refractivity contribution < 1.29 is 9.50 Å². The second kappa shape index (κ2) is 6.30. The van der Waals surface area contributed by atoms with Gasteiger partial charge in [0, 0.05) is 35.5 Å². The van der Waals surface area contributed by atoms with E-state index in [0.717, 1.165) is 22.2 Å². The van der Waals surface area contributed by atoms with Crippen molar-refractivity contribution in [1.82, 2.24) is 10.3 Å². The van der Waals surface area contributed by atoms with Crippen molar-refractivity contribution in [3.8, 4) is 11.3 Å². The van der Waals surface area contributed by atoms with Gasteiger partial charge in [0.15, 0.2) is 0 Å². The molecule has 0 saturated heterocycles. The van der Waals surface area contributed by atoms with Gasteiger partial charge >= 0.3 is 0 Å². The fourth-order valence-electron chi connectivity index (χ4n) is 2.27. The molecule has 2 heterocycles. The van der Waals surface area contributed by atoms with Crippen LogP contribution in [-0.2, 0) is 6.54 Å². The molecule has 3 aromatic rings. The molecule has 0 radical (unpaired) electrons. The van der Waals surface area contributed by atoms with E-state index in [-0.39, 0.29) is 12.4 Å². The average Bonchev–Trinajstić information content (AvgIpc) is 3.01. The van der Waals surface area contributed by atoms with Crippen LogP contribution in [0.25, 0.3) is 22.2 Å². The number of nitrogens with one attached hydrogen (secondary N) is 1. The number of thiophene rings is 1. The maximum atomic E-state index is 13.4. The quantitative estimate of drug-likeness (QED) is 0.712. The molecule has 108 valence electrons. The van der Waals surface area contributed by atoms with E-state index >= 15 is 0 Å². The Morgan fingerprint density at radius 1 is 1.24 bits per heavy atom. The summed E-state index contributed by atoms with van der Waals surface area (Å²) in [5.41, 5.74) is 3.59. The van der Waals surface area contributed by atoms with Gasteiger partial charge in [-0.05, 0) is 35.2 Å². The monoisotopic (exact) mass is 302 g/mol. The molecule has 1 aromatic carbocycles. The topological polar surface area (TPSA) is 45.1 Å². The van der Waals surface area contributed by atoms with E-state index in [2.05, 4.69) is 10.3 Å². The highest BCUT2D eigenvalue weighted by Crippen LogP contribution is 2.27. The van der Waals surface area contributed by atoms with Crippen LogP contribution in [0, 0.1) is 5.82 Å². The van der Waals surface area contributed by atoms with Crippen molar-refractivity contribution in [2.24, 2.45) is 0 Å². The number of benzene rings is 1. The lowest BCUT2D eigenvalue weighted by atomic mass is 10.1. The molecule has 0 aliphatic carbocycles. The van der Waals surface area contributed by atoms with Crippen molar-refractivity contribution in [3.05, 3.63) is 52.5 Å². The molecule has 0 unspecified atom stereocenters. The van der Waals surface area contributed by atoms with Gasteiger partial charge in [0.25, 0.3) is 0 Å². The Bertz CT molecular complexity index is 743. The summed E-state index contributed by atoms with van der Waals surface area (Å²) in [6.07, 6.45) is 0. The van der Waals surface area contributed by atoms with Crippen LogP contribution in [0.15, 0.2) is 41.1 Å². The molecule has 0 amide bonds. The van der Waals surface area contributed by atoms with Gasteiger partial charge in [0.1, 0.15) is 5.82 Å². The summed E-state index contributed by atoms with van der Waals surface area (Å²) in [5.74, 6) is -0.280. The Hall–Kier alpha value is -1.82. The number of hydrogen-bond donors (Lipinski definition) is 2. The highest BCUT2D eigenvalue weighted by Gasteiger charge is 2.10. The van der Waals surface area contributed by atoms with Gasteiger partial charge in [-0.15, -0.1) is 0 Å². The van der Waals surface area contributed by atoms with Crippen LogP contribution in [0.3, 0.4) is 0 Å². The van der Waals surface area contributed by atoms with Gasteiger partial charge in [0.05, 0.1) is 17.8 Å². The Labute approximate surface area is 126 Å². The zero-order valence-electron chi connectivity index (χ0n) is 11.3. The number of aromatic nitrogens is 1. The number of aliphatic hydroxyl groups excluding tert-OH is 1. The molecule has 5 heteroatoms. The van der Waals surface area contributed by atoms with E-state index in [0.29, 0.717) is 18.6 Å². The van der Waals surface area contributed by atoms with Gasteiger partial charge in [-0.25, -0.2) is 9.37 Å². The van der Waals surface area contributed by atoms with Crippen molar-refractivity contribution in [2.45, 2.75) is 6.54 Å². The van der Waals surface area contributed by atoms with Gasteiger partial charge in [-0.3, -0.25) is 0 Å². The Morgan fingerprint density at radius 3 is 2.90 bits per heavy atom. The van der Waals surface area contributed by atoms with Crippen molar-refractivity contribution in [3.63, 3.8) is 0 Å². The minimum atomic E-state index is -0.280. The first-order chi connectivity index (χ1) is 10.3. The largest absolute Gasteiger partial charge is 0.395 e. The SMILES string of the molecule is OCCNCc1cc2ccc(F)cc2nc1-c1ccsc1. The molecule has 0 aliphatic rings. The van der Waals surface area contributed by atoms with E-state index in [1.165, 1.54) is 12.1 Å². The molecule has 2 aromatic heterocycles. The van der Waals surface area contributed by atoms with E-state index in [4.69, 9.17) is 5.11 Å². The predicted octanol–water partition coefficient (Wildman–Crippen LogP) is 3.18. The highest BCUT2D eigenvalue weighted by atomic mass is 32.1. The number of halogens is 1. The molecule has 2 N–H and O–H groups in total. The number of hydrogen-bond acceptors (Lipinski definition) is 4. The Kier molecular flexibility index (Phi) is 4.24. The maximum absolute atomic E-state index is 13.4. The second-order valence-corrected chi connectivity index (χ2v) is 5.53. The third kappa shape index (κ3) is 3.10. The summed E-state index contributed by atoms with van der Waals surface area (Å²) in [4.78, 5) is 4.62. The average molecular weight is 302 g/mol. The summed E-state index contributed by atoms with van der Waals surface area (Å²) in [5, 5.41) is 17.0. The minimum absolute atomic E-state index is 0.0972. The fourth-order valence-corrected chi connectivity index (χ4v) is 2.91. The highest BCUT2D eigenvalue weighted by molar-refractivity contribution is 7.08. The van der Waals surface area contributed by atoms with Gasteiger partial charge in [0.2, 0.25) is 0 Å². The van der Waals surface area contributed by atoms with Crippen LogP contribution in [0.5, 0.6) is 0 Å². The summed E-state index contributed by atoms with van der Waals surface area (Å²) in [7, 11) is 0. The zero-order valence-corrected chi connectivity index (χ0v) is 12.2. The molecule has 0 saturated carbocycles. The Balaban J connectivity index is 2.08. The number of pyridine rings is 1. The third-order valence-electron chi connectivity index (χ3n) is 3.26. The van der Waals surface area contributed by atoms with Crippen molar-refractivity contribution >= 4 is 22.2 Å². The van der Waals surface area contributed by atoms with Crippen LogP contribution in [0.2, 0.25) is 0 Å². The minimum Gasteiger partial charge on any atom is -0.395 e. The van der Waals surface area contributed by atoms with Gasteiger partial charge in [-0.2, -0.15) is 11.3 Å². The number of rotatable bonds is 5. The smallest absolute Gasteiger partial charge is 0.125 e. The first-order valence-corrected chi connectivity index (χ1v) is 7.65. The molecule has 0 fully saturated rings. The summed E-state index contributed by atoms with van der Waals surface area (Å²) in [6.45, 7) is 1.25. The predicted molar refractivity (Wildman–Crippen MR) is 83.8 cm³/mol. The van der Waals surface area contributed by atoms with Gasteiger partial charge < -0.3 is 10.4 Å². The van der Waals surface area contributed by atoms with Crippen molar-refractivity contribution in [1.29, 1.82) is 0 Å². The van der Waals surface area contributed by atoms with E-state index < -0.39 is 0 Å². The molecule has 21 heavy (non-hydrogen) atoms. The molecule has 3 nitrogen and oxygen atoms in total. The van der Waals surface area contributed by atoms with Crippen LogP contribution in [-0.4, -0.2) is 23.2 Å². The van der Waals surface area contributed by atoms with Crippen LogP contribution < -0.4 is 5.32 Å². The Morgan fingerprint density at radius 2 is 2.14 bits per heavy atom. The molecule has 0 aliphatic heterocycles. The lowest BCUT2D eigenvalue weighted by Gasteiger charge is -2.10. The molecule has 0 atom stereocenters. The number of aliphatic hydroxyl groups is 1. The molecular formula is C16H15FN2OS. The molecule has 0 bridgehead atoms. The number of nitrogens with zero attached hydrogens (tertiary/aromatic N) is 1. The second-order valence-electron chi connectivity index (χ2n) is 4.75. The van der Waals surface area contributed by atoms with E-state index in [9.17, 15) is 4.39 Å². The first-order valence-electron chi connectivity index (χ1n) is 6.71. The zero-order chi connectivity index (χ0) is 14.7. The van der Waals surface area contributed by atoms with E-state index in [1.807, 2.05) is 22.9 Å². The summed E-state index contributed by atoms with van der Waals surface area (Å²) >= 11 is 1.61. The lowest BCUT2D eigenvalue weighted by molar-refractivity contribution is 0.292. The normalized spacial score (nSPS) is 11.1.